The summed E-state index contributed by atoms with van der Waals surface area (Å²) in [6.45, 7) is 6.43. The van der Waals surface area contributed by atoms with Crippen LogP contribution in [0, 0.1) is 5.92 Å². The maximum atomic E-state index is 12.7. The van der Waals surface area contributed by atoms with Crippen LogP contribution in [0.25, 0.3) is 0 Å². The second kappa shape index (κ2) is 9.59. The molecule has 1 aliphatic heterocycles. The molecule has 0 radical (unpaired) electrons. The molecule has 0 saturated carbocycles. The molecule has 0 unspecified atom stereocenters. The van der Waals surface area contributed by atoms with Crippen molar-refractivity contribution in [2.45, 2.75) is 26.7 Å². The smallest absolute Gasteiger partial charge is 0.227 e. The number of hydrogen-bond acceptors (Lipinski definition) is 6. The van der Waals surface area contributed by atoms with E-state index in [0.29, 0.717) is 35.6 Å². The Labute approximate surface area is 170 Å². The lowest BCUT2D eigenvalue weighted by Gasteiger charge is -2.31. The van der Waals surface area contributed by atoms with Crippen LogP contribution in [0.1, 0.15) is 26.7 Å². The molecule has 1 saturated heterocycles. The van der Waals surface area contributed by atoms with E-state index in [-0.39, 0.29) is 11.8 Å². The number of ether oxygens (including phenoxy) is 2. The van der Waals surface area contributed by atoms with Crippen molar-refractivity contribution in [3.05, 3.63) is 35.5 Å². The summed E-state index contributed by atoms with van der Waals surface area (Å²) < 4.78 is 11.2. The van der Waals surface area contributed by atoms with Crippen LogP contribution < -0.4 is 19.7 Å². The van der Waals surface area contributed by atoms with Crippen molar-refractivity contribution in [2.75, 3.05) is 36.5 Å². The fraction of sp³-hybridized carbons (Fsp3) is 0.450. The highest BCUT2D eigenvalue weighted by Crippen LogP contribution is 2.31. The Hall–Kier alpha value is -2.54. The molecule has 7 nitrogen and oxygen atoms in total. The Morgan fingerprint density at radius 3 is 2.46 bits per heavy atom. The molecule has 1 N–H and O–H groups in total. The van der Waals surface area contributed by atoms with Crippen LogP contribution in [-0.4, -0.2) is 42.4 Å². The van der Waals surface area contributed by atoms with Crippen molar-refractivity contribution in [3.8, 4) is 11.5 Å². The Morgan fingerprint density at radius 1 is 1.11 bits per heavy atom. The number of nitrogens with zero attached hydrogens (tertiary/aromatic N) is 3. The Balaban J connectivity index is 1.58. The average Bonchev–Trinajstić information content (AvgIpc) is 2.71. The molecule has 28 heavy (non-hydrogen) atoms. The zero-order chi connectivity index (χ0) is 19.9. The third kappa shape index (κ3) is 5.04. The van der Waals surface area contributed by atoms with Gasteiger partial charge in [-0.05, 0) is 51.0 Å². The number of carbonyl (C=O) groups is 1. The third-order valence-electron chi connectivity index (χ3n) is 4.62. The van der Waals surface area contributed by atoms with E-state index in [1.807, 2.05) is 38.1 Å². The lowest BCUT2D eigenvalue weighted by molar-refractivity contribution is -0.120. The lowest BCUT2D eigenvalue weighted by Crippen LogP contribution is -2.38. The zero-order valence-corrected chi connectivity index (χ0v) is 16.9. The Bertz CT molecular complexity index is 793. The predicted molar refractivity (Wildman–Crippen MR) is 109 cm³/mol. The van der Waals surface area contributed by atoms with E-state index in [2.05, 4.69) is 20.4 Å². The van der Waals surface area contributed by atoms with Crippen molar-refractivity contribution in [3.63, 3.8) is 0 Å². The van der Waals surface area contributed by atoms with E-state index >= 15 is 0 Å². The monoisotopic (exact) mass is 404 g/mol. The van der Waals surface area contributed by atoms with Crippen LogP contribution >= 0.6 is 11.6 Å². The first kappa shape index (κ1) is 20.2. The number of benzene rings is 1. The van der Waals surface area contributed by atoms with E-state index in [4.69, 9.17) is 21.1 Å². The number of aromatic nitrogens is 2. The van der Waals surface area contributed by atoms with Crippen LogP contribution in [0.15, 0.2) is 30.3 Å². The standard InChI is InChI=1S/C20H25ClN4O3/c1-3-27-16-6-5-15(13-17(16)28-4-2)22-20(26)14-9-11-25(12-10-14)19-8-7-18(21)23-24-19/h5-8,13-14H,3-4,9-12H2,1-2H3,(H,22,26). The van der Waals surface area contributed by atoms with E-state index in [9.17, 15) is 4.79 Å². The summed E-state index contributed by atoms with van der Waals surface area (Å²) in [4.78, 5) is 14.8. The second-order valence-corrected chi connectivity index (χ2v) is 6.88. The van der Waals surface area contributed by atoms with Gasteiger partial charge in [-0.25, -0.2) is 0 Å². The van der Waals surface area contributed by atoms with Crippen molar-refractivity contribution in [2.24, 2.45) is 5.92 Å². The first-order chi connectivity index (χ1) is 13.6. The van der Waals surface area contributed by atoms with Gasteiger partial charge in [-0.3, -0.25) is 4.79 Å². The van der Waals surface area contributed by atoms with Gasteiger partial charge in [0.05, 0.1) is 13.2 Å². The molecule has 1 aromatic carbocycles. The summed E-state index contributed by atoms with van der Waals surface area (Å²) in [5.41, 5.74) is 0.711. The van der Waals surface area contributed by atoms with Crippen LogP contribution in [-0.2, 0) is 4.79 Å². The molecule has 0 bridgehead atoms. The molecule has 2 aromatic rings. The molecule has 1 aliphatic rings. The number of carbonyl (C=O) groups excluding carboxylic acids is 1. The minimum absolute atomic E-state index is 0.0217. The molecule has 0 spiro atoms. The van der Waals surface area contributed by atoms with Gasteiger partial charge in [0.25, 0.3) is 0 Å². The number of rotatable bonds is 7. The quantitative estimate of drug-likeness (QED) is 0.756. The van der Waals surface area contributed by atoms with Crippen LogP contribution in [0.3, 0.4) is 0 Å². The molecule has 2 heterocycles. The molecular weight excluding hydrogens is 380 g/mol. The fourth-order valence-electron chi connectivity index (χ4n) is 3.22. The minimum Gasteiger partial charge on any atom is -0.490 e. The molecule has 0 aliphatic carbocycles. The molecule has 3 rings (SSSR count). The second-order valence-electron chi connectivity index (χ2n) is 6.49. The van der Waals surface area contributed by atoms with Crippen LogP contribution in [0.5, 0.6) is 11.5 Å². The van der Waals surface area contributed by atoms with Gasteiger partial charge in [0.1, 0.15) is 0 Å². The molecule has 0 atom stereocenters. The molecule has 1 fully saturated rings. The minimum atomic E-state index is -0.0429. The summed E-state index contributed by atoms with van der Waals surface area (Å²) in [5, 5.41) is 11.4. The fourth-order valence-corrected chi connectivity index (χ4v) is 3.32. The number of halogens is 1. The maximum Gasteiger partial charge on any atom is 0.227 e. The van der Waals surface area contributed by atoms with Gasteiger partial charge in [-0.1, -0.05) is 11.6 Å². The molecule has 8 heteroatoms. The highest BCUT2D eigenvalue weighted by molar-refractivity contribution is 6.29. The SMILES string of the molecule is CCOc1ccc(NC(=O)C2CCN(c3ccc(Cl)nn3)CC2)cc1OCC. The van der Waals surface area contributed by atoms with E-state index in [1.54, 1.807) is 6.07 Å². The predicted octanol–water partition coefficient (Wildman–Crippen LogP) is 3.78. The summed E-state index contributed by atoms with van der Waals surface area (Å²) in [7, 11) is 0. The first-order valence-electron chi connectivity index (χ1n) is 9.55. The van der Waals surface area contributed by atoms with Crippen molar-refractivity contribution in [1.82, 2.24) is 10.2 Å². The van der Waals surface area contributed by atoms with Gasteiger partial charge < -0.3 is 19.7 Å². The summed E-state index contributed by atoms with van der Waals surface area (Å²) in [5.74, 6) is 2.08. The van der Waals surface area contributed by atoms with Gasteiger partial charge >= 0.3 is 0 Å². The molecule has 1 aromatic heterocycles. The zero-order valence-electron chi connectivity index (χ0n) is 16.2. The number of hydrogen-bond donors (Lipinski definition) is 1. The highest BCUT2D eigenvalue weighted by Gasteiger charge is 2.26. The Morgan fingerprint density at radius 2 is 1.82 bits per heavy atom. The van der Waals surface area contributed by atoms with Gasteiger partial charge in [0.2, 0.25) is 5.91 Å². The summed E-state index contributed by atoms with van der Waals surface area (Å²) >= 11 is 5.79. The third-order valence-corrected chi connectivity index (χ3v) is 4.82. The van der Waals surface area contributed by atoms with Crippen LogP contribution in [0.2, 0.25) is 5.15 Å². The van der Waals surface area contributed by atoms with Gasteiger partial charge in [-0.2, -0.15) is 0 Å². The van der Waals surface area contributed by atoms with E-state index in [1.165, 1.54) is 0 Å². The van der Waals surface area contributed by atoms with Gasteiger partial charge in [0.15, 0.2) is 22.5 Å². The molecular formula is C20H25ClN4O3. The summed E-state index contributed by atoms with van der Waals surface area (Å²) in [6.07, 6.45) is 1.51. The Kier molecular flexibility index (Phi) is 6.92. The van der Waals surface area contributed by atoms with Crippen molar-refractivity contribution >= 4 is 29.0 Å². The topological polar surface area (TPSA) is 76.6 Å². The van der Waals surface area contributed by atoms with Gasteiger partial charge in [0, 0.05) is 30.8 Å². The van der Waals surface area contributed by atoms with Crippen molar-refractivity contribution < 1.29 is 14.3 Å². The molecule has 1 amide bonds. The normalized spacial score (nSPS) is 14.6. The van der Waals surface area contributed by atoms with Crippen LogP contribution in [0.4, 0.5) is 11.5 Å². The van der Waals surface area contributed by atoms with E-state index < -0.39 is 0 Å². The number of nitrogens with one attached hydrogen (secondary N) is 1. The number of anilines is 2. The number of piperidine rings is 1. The maximum absolute atomic E-state index is 12.7. The molecule has 150 valence electrons. The first-order valence-corrected chi connectivity index (χ1v) is 9.93. The van der Waals surface area contributed by atoms with Gasteiger partial charge in [-0.15, -0.1) is 10.2 Å². The largest absolute Gasteiger partial charge is 0.490 e. The van der Waals surface area contributed by atoms with Crippen molar-refractivity contribution in [1.29, 1.82) is 0 Å². The highest BCUT2D eigenvalue weighted by atomic mass is 35.5. The van der Waals surface area contributed by atoms with E-state index in [0.717, 1.165) is 31.7 Å². The lowest BCUT2D eigenvalue weighted by atomic mass is 9.96. The summed E-state index contributed by atoms with van der Waals surface area (Å²) in [6, 6.07) is 9.05. The number of amides is 1. The average molecular weight is 405 g/mol.